The predicted octanol–water partition coefficient (Wildman–Crippen LogP) is 3.52. The van der Waals surface area contributed by atoms with Crippen LogP contribution in [0.1, 0.15) is 10.4 Å². The molecule has 3 aromatic heterocycles. The molecule has 0 aliphatic heterocycles. The van der Waals surface area contributed by atoms with E-state index in [0.29, 0.717) is 17.2 Å². The Morgan fingerprint density at radius 2 is 1.68 bits per heavy atom. The number of pyridine rings is 1. The molecule has 0 bridgehead atoms. The number of nitrogens with one attached hydrogen (secondary N) is 1. The molecule has 1 N–H and O–H groups in total. The van der Waals surface area contributed by atoms with E-state index >= 15 is 0 Å². The predicted molar refractivity (Wildman–Crippen MR) is 138 cm³/mol. The second-order valence-electron chi connectivity index (χ2n) is 8.41. The molecule has 0 aliphatic rings. The van der Waals surface area contributed by atoms with E-state index in [1.807, 2.05) is 13.2 Å². The maximum atomic E-state index is 13.3. The third kappa shape index (κ3) is 4.85. The number of carbonyl (C=O) groups is 1. The molecular weight excluding hydrogens is 491 g/mol. The van der Waals surface area contributed by atoms with Crippen molar-refractivity contribution in [3.63, 3.8) is 0 Å². The summed E-state index contributed by atoms with van der Waals surface area (Å²) in [5.41, 5.74) is 0.433. The zero-order valence-corrected chi connectivity index (χ0v) is 20.3. The van der Waals surface area contributed by atoms with Crippen LogP contribution in [0.4, 0.5) is 10.1 Å². The van der Waals surface area contributed by atoms with Crippen LogP contribution in [0.5, 0.6) is 11.5 Å². The average molecular weight is 513 g/mol. The van der Waals surface area contributed by atoms with E-state index in [-0.39, 0.29) is 11.3 Å². The van der Waals surface area contributed by atoms with E-state index in [4.69, 9.17) is 4.74 Å². The van der Waals surface area contributed by atoms with Gasteiger partial charge in [-0.2, -0.15) is 5.10 Å². The number of halogens is 1. The van der Waals surface area contributed by atoms with E-state index in [0.717, 1.165) is 32.4 Å². The number of amides is 1. The number of benzene rings is 2. The molecule has 0 aliphatic carbocycles. The van der Waals surface area contributed by atoms with Gasteiger partial charge in [-0.3, -0.25) is 19.3 Å². The molecule has 0 atom stereocenters. The van der Waals surface area contributed by atoms with Gasteiger partial charge in [-0.1, -0.05) is 0 Å². The summed E-state index contributed by atoms with van der Waals surface area (Å²) in [7, 11) is 3.24. The molecule has 10 nitrogen and oxygen atoms in total. The molecule has 190 valence electrons. The van der Waals surface area contributed by atoms with Crippen molar-refractivity contribution in [3.05, 3.63) is 118 Å². The highest BCUT2D eigenvalue weighted by atomic mass is 19.1. The number of nitrogens with zero attached hydrogens (tertiary/aromatic N) is 5. The molecule has 5 aromatic rings. The normalized spacial score (nSPS) is 10.8. The number of ether oxygens (including phenoxy) is 1. The van der Waals surface area contributed by atoms with Crippen molar-refractivity contribution in [2.24, 2.45) is 14.1 Å². The van der Waals surface area contributed by atoms with E-state index in [1.165, 1.54) is 25.4 Å². The summed E-state index contributed by atoms with van der Waals surface area (Å²) in [6.07, 6.45) is 8.04. The quantitative estimate of drug-likeness (QED) is 0.373. The van der Waals surface area contributed by atoms with Crippen LogP contribution in [0.25, 0.3) is 16.8 Å². The standard InChI is InChI=1S/C27H21FN6O4/c1-32-16-23(26(36)34(27(32)37)20-7-3-18(28)4-8-20)25(35)31-19-5-9-21(10-6-19)38-24-11-12-29-14-22(24)17-13-30-33(2)15-17/h3-16H,1-2H3,(H,31,35). The molecule has 0 unspecified atom stereocenters. The number of aryl methyl sites for hydroxylation is 2. The van der Waals surface area contributed by atoms with Crippen molar-refractivity contribution in [2.75, 3.05) is 5.32 Å². The third-order valence-corrected chi connectivity index (χ3v) is 5.72. The van der Waals surface area contributed by atoms with Gasteiger partial charge in [0.05, 0.1) is 11.9 Å². The average Bonchev–Trinajstić information content (AvgIpc) is 3.35. The summed E-state index contributed by atoms with van der Waals surface area (Å²) < 4.78 is 23.0. The lowest BCUT2D eigenvalue weighted by atomic mass is 10.1. The van der Waals surface area contributed by atoms with Crippen molar-refractivity contribution in [1.82, 2.24) is 23.9 Å². The van der Waals surface area contributed by atoms with E-state index in [9.17, 15) is 18.8 Å². The SMILES string of the molecule is Cn1cc(-c2cnccc2Oc2ccc(NC(=O)c3cn(C)c(=O)n(-c4ccc(F)cc4)c3=O)cc2)cn1. The van der Waals surface area contributed by atoms with Gasteiger partial charge in [0.25, 0.3) is 11.5 Å². The minimum absolute atomic E-state index is 0.148. The van der Waals surface area contributed by atoms with Crippen LogP contribution in [-0.4, -0.2) is 29.8 Å². The Kier molecular flexibility index (Phi) is 6.40. The molecule has 2 aromatic carbocycles. The van der Waals surface area contributed by atoms with Crippen LogP contribution < -0.4 is 21.3 Å². The Morgan fingerprint density at radius 1 is 0.947 bits per heavy atom. The van der Waals surface area contributed by atoms with Gasteiger partial charge in [-0.25, -0.2) is 13.8 Å². The Hall–Kier alpha value is -5.32. The summed E-state index contributed by atoms with van der Waals surface area (Å²) >= 11 is 0. The van der Waals surface area contributed by atoms with Crippen molar-refractivity contribution in [2.45, 2.75) is 0 Å². The van der Waals surface area contributed by atoms with Crippen LogP contribution in [0, 0.1) is 5.82 Å². The first-order chi connectivity index (χ1) is 18.3. The minimum Gasteiger partial charge on any atom is -0.457 e. The molecule has 38 heavy (non-hydrogen) atoms. The van der Waals surface area contributed by atoms with Crippen molar-refractivity contribution in [3.8, 4) is 28.3 Å². The number of anilines is 1. The molecule has 0 spiro atoms. The van der Waals surface area contributed by atoms with Crippen LogP contribution >= 0.6 is 0 Å². The molecule has 0 saturated heterocycles. The fraction of sp³-hybridized carbons (Fsp3) is 0.0741. The monoisotopic (exact) mass is 512 g/mol. The van der Waals surface area contributed by atoms with E-state index in [2.05, 4.69) is 15.4 Å². The van der Waals surface area contributed by atoms with Gasteiger partial charge in [0.15, 0.2) is 0 Å². The molecule has 0 radical (unpaired) electrons. The third-order valence-electron chi connectivity index (χ3n) is 5.72. The van der Waals surface area contributed by atoms with Crippen LogP contribution in [0.3, 0.4) is 0 Å². The van der Waals surface area contributed by atoms with Crippen molar-refractivity contribution < 1.29 is 13.9 Å². The van der Waals surface area contributed by atoms with Gasteiger partial charge >= 0.3 is 5.69 Å². The maximum Gasteiger partial charge on any atom is 0.335 e. The van der Waals surface area contributed by atoms with Gasteiger partial charge in [0.2, 0.25) is 0 Å². The molecule has 3 heterocycles. The summed E-state index contributed by atoms with van der Waals surface area (Å²) in [6, 6.07) is 13.2. The number of aromatic nitrogens is 5. The zero-order chi connectivity index (χ0) is 26.8. The van der Waals surface area contributed by atoms with Crippen molar-refractivity contribution >= 4 is 11.6 Å². The summed E-state index contributed by atoms with van der Waals surface area (Å²) in [5, 5.41) is 6.84. The van der Waals surface area contributed by atoms with Gasteiger partial charge in [-0.15, -0.1) is 0 Å². The minimum atomic E-state index is -0.822. The highest BCUT2D eigenvalue weighted by molar-refractivity contribution is 6.03. The molecular formula is C27H21FN6O4. The van der Waals surface area contributed by atoms with Gasteiger partial charge in [-0.05, 0) is 54.6 Å². The van der Waals surface area contributed by atoms with Gasteiger partial charge in [0.1, 0.15) is 22.9 Å². The topological polar surface area (TPSA) is 113 Å². The lowest BCUT2D eigenvalue weighted by Crippen LogP contribution is -2.41. The summed E-state index contributed by atoms with van der Waals surface area (Å²) in [6.45, 7) is 0. The number of hydrogen-bond donors (Lipinski definition) is 1. The van der Waals surface area contributed by atoms with E-state index in [1.54, 1.807) is 53.6 Å². The molecule has 11 heteroatoms. The number of carbonyl (C=O) groups excluding carboxylic acids is 1. The second kappa shape index (κ2) is 9.97. The Balaban J connectivity index is 1.37. The fourth-order valence-electron chi connectivity index (χ4n) is 3.82. The van der Waals surface area contributed by atoms with E-state index < -0.39 is 23.0 Å². The highest BCUT2D eigenvalue weighted by Gasteiger charge is 2.18. The molecule has 0 saturated carbocycles. The fourth-order valence-corrected chi connectivity index (χ4v) is 3.82. The Labute approximate surface area is 215 Å². The molecule has 5 rings (SSSR count). The first kappa shape index (κ1) is 24.4. The first-order valence-electron chi connectivity index (χ1n) is 11.4. The second-order valence-corrected chi connectivity index (χ2v) is 8.41. The largest absolute Gasteiger partial charge is 0.457 e. The molecule has 1 amide bonds. The Morgan fingerprint density at radius 3 is 2.37 bits per heavy atom. The first-order valence-corrected chi connectivity index (χ1v) is 11.4. The van der Waals surface area contributed by atoms with Gasteiger partial charge < -0.3 is 14.6 Å². The lowest BCUT2D eigenvalue weighted by molar-refractivity contribution is 0.102. The van der Waals surface area contributed by atoms with Crippen LogP contribution in [0.15, 0.2) is 95.2 Å². The molecule has 0 fully saturated rings. The summed E-state index contributed by atoms with van der Waals surface area (Å²) in [5.74, 6) is -0.128. The van der Waals surface area contributed by atoms with Gasteiger partial charge in [0, 0.05) is 55.7 Å². The number of rotatable bonds is 6. The smallest absolute Gasteiger partial charge is 0.335 e. The number of hydrogen-bond acceptors (Lipinski definition) is 6. The maximum absolute atomic E-state index is 13.3. The van der Waals surface area contributed by atoms with Crippen LogP contribution in [-0.2, 0) is 14.1 Å². The highest BCUT2D eigenvalue weighted by Crippen LogP contribution is 2.32. The van der Waals surface area contributed by atoms with Crippen LogP contribution in [0.2, 0.25) is 0 Å². The lowest BCUT2D eigenvalue weighted by Gasteiger charge is -2.12. The Bertz CT molecular complexity index is 1750. The summed E-state index contributed by atoms with van der Waals surface area (Å²) in [4.78, 5) is 42.8. The zero-order valence-electron chi connectivity index (χ0n) is 20.3. The van der Waals surface area contributed by atoms with Crippen molar-refractivity contribution in [1.29, 1.82) is 0 Å².